The van der Waals surface area contributed by atoms with E-state index in [2.05, 4.69) is 28.6 Å². The van der Waals surface area contributed by atoms with Gasteiger partial charge in [0, 0.05) is 29.1 Å². The van der Waals surface area contributed by atoms with Crippen molar-refractivity contribution in [3.8, 4) is 5.75 Å². The van der Waals surface area contributed by atoms with Gasteiger partial charge in [0.1, 0.15) is 5.75 Å². The van der Waals surface area contributed by atoms with Crippen LogP contribution in [-0.4, -0.2) is 42.0 Å². The van der Waals surface area contributed by atoms with Crippen LogP contribution < -0.4 is 4.74 Å². The second-order valence-corrected chi connectivity index (χ2v) is 7.34. The van der Waals surface area contributed by atoms with Crippen LogP contribution in [0.4, 0.5) is 0 Å². The van der Waals surface area contributed by atoms with Gasteiger partial charge in [-0.3, -0.25) is 14.6 Å². The quantitative estimate of drug-likeness (QED) is 0.574. The van der Waals surface area contributed by atoms with Crippen LogP contribution in [0.1, 0.15) is 34.6 Å². The smallest absolute Gasteiger partial charge is 0.272 e. The van der Waals surface area contributed by atoms with Crippen LogP contribution in [0.15, 0.2) is 51.8 Å². The molecule has 2 aromatic rings. The molecule has 0 aromatic heterocycles. The van der Waals surface area contributed by atoms with Crippen LogP contribution >= 0.6 is 28.6 Å². The topological polar surface area (TPSA) is 49.9 Å². The van der Waals surface area contributed by atoms with Crippen molar-refractivity contribution in [3.63, 3.8) is 0 Å². The van der Waals surface area contributed by atoms with Gasteiger partial charge >= 0.3 is 0 Å². The summed E-state index contributed by atoms with van der Waals surface area (Å²) in [5.41, 5.74) is 0.941. The zero-order valence-electron chi connectivity index (χ0n) is 15.1. The largest absolute Gasteiger partial charge is 0.496 e. The lowest BCUT2D eigenvalue weighted by Gasteiger charge is -2.35. The van der Waals surface area contributed by atoms with E-state index in [0.717, 1.165) is 4.90 Å². The molecule has 0 saturated carbocycles. The summed E-state index contributed by atoms with van der Waals surface area (Å²) in [7, 11) is 3.15. The van der Waals surface area contributed by atoms with Crippen molar-refractivity contribution >= 4 is 40.4 Å². The molecule has 0 radical (unpaired) electrons. The molecule has 2 aromatic carbocycles. The minimum Gasteiger partial charge on any atom is -0.496 e. The Morgan fingerprint density at radius 3 is 2.12 bits per heavy atom. The Hall–Kier alpha value is -1.99. The number of nitrogens with zero attached hydrogens (tertiary/aromatic N) is 2. The zero-order valence-corrected chi connectivity index (χ0v) is 17.5. The summed E-state index contributed by atoms with van der Waals surface area (Å²) in [4.78, 5) is 26.6. The third-order valence-corrected chi connectivity index (χ3v) is 4.75. The SMILES string of the molecule is COc1ccc(C(=O)N(C)N(C(=O)c2ccc(S)cc2)C(C)C)cc1Br. The molecule has 0 bridgehead atoms. The van der Waals surface area contributed by atoms with Gasteiger partial charge in [0.15, 0.2) is 0 Å². The Labute approximate surface area is 167 Å². The first-order valence-electron chi connectivity index (χ1n) is 8.00. The van der Waals surface area contributed by atoms with Crippen LogP contribution in [0.5, 0.6) is 5.75 Å². The van der Waals surface area contributed by atoms with Crippen molar-refractivity contribution < 1.29 is 14.3 Å². The van der Waals surface area contributed by atoms with Gasteiger partial charge < -0.3 is 4.74 Å². The monoisotopic (exact) mass is 436 g/mol. The summed E-state index contributed by atoms with van der Waals surface area (Å²) in [5, 5.41) is 2.78. The third kappa shape index (κ3) is 4.40. The number of hydrogen-bond acceptors (Lipinski definition) is 4. The van der Waals surface area contributed by atoms with E-state index in [1.54, 1.807) is 56.6 Å². The van der Waals surface area contributed by atoms with Crippen molar-refractivity contribution in [1.29, 1.82) is 0 Å². The third-order valence-electron chi connectivity index (χ3n) is 3.83. The van der Waals surface area contributed by atoms with E-state index < -0.39 is 0 Å². The molecular formula is C19H21BrN2O3S. The van der Waals surface area contributed by atoms with Gasteiger partial charge in [0.05, 0.1) is 11.6 Å². The van der Waals surface area contributed by atoms with Gasteiger partial charge in [-0.15, -0.1) is 12.6 Å². The molecule has 0 aliphatic heterocycles. The number of carbonyl (C=O) groups excluding carboxylic acids is 2. The molecular weight excluding hydrogens is 416 g/mol. The van der Waals surface area contributed by atoms with Crippen LogP contribution in [0.3, 0.4) is 0 Å². The van der Waals surface area contributed by atoms with Gasteiger partial charge in [-0.1, -0.05) is 0 Å². The summed E-state index contributed by atoms with van der Waals surface area (Å²) in [6, 6.07) is 11.7. The normalized spacial score (nSPS) is 10.6. The molecule has 2 rings (SSSR count). The Morgan fingerprint density at radius 1 is 1.04 bits per heavy atom. The van der Waals surface area contributed by atoms with E-state index in [0.29, 0.717) is 21.3 Å². The number of ether oxygens (including phenoxy) is 1. The molecule has 26 heavy (non-hydrogen) atoms. The number of rotatable bonds is 4. The summed E-state index contributed by atoms with van der Waals surface area (Å²) >= 11 is 7.61. The highest BCUT2D eigenvalue weighted by Crippen LogP contribution is 2.26. The van der Waals surface area contributed by atoms with E-state index in [1.807, 2.05) is 13.8 Å². The molecule has 138 valence electrons. The molecule has 0 aliphatic rings. The molecule has 7 heteroatoms. The maximum absolute atomic E-state index is 12.9. The van der Waals surface area contributed by atoms with Crippen molar-refractivity contribution in [2.45, 2.75) is 24.8 Å². The average Bonchev–Trinajstić information content (AvgIpc) is 2.61. The zero-order chi connectivity index (χ0) is 19.4. The Bertz CT molecular complexity index is 809. The van der Waals surface area contributed by atoms with Crippen LogP contribution in [-0.2, 0) is 0 Å². The molecule has 0 spiro atoms. The van der Waals surface area contributed by atoms with Crippen molar-refractivity contribution in [3.05, 3.63) is 58.1 Å². The molecule has 0 aliphatic carbocycles. The van der Waals surface area contributed by atoms with Crippen LogP contribution in [0.25, 0.3) is 0 Å². The number of amides is 2. The fourth-order valence-corrected chi connectivity index (χ4v) is 3.23. The lowest BCUT2D eigenvalue weighted by Crippen LogP contribution is -2.51. The number of benzene rings is 2. The Kier molecular flexibility index (Phi) is 6.72. The summed E-state index contributed by atoms with van der Waals surface area (Å²) in [6.45, 7) is 3.72. The predicted molar refractivity (Wildman–Crippen MR) is 108 cm³/mol. The molecule has 0 N–H and O–H groups in total. The fraction of sp³-hybridized carbons (Fsp3) is 0.263. The second-order valence-electron chi connectivity index (χ2n) is 5.97. The molecule has 0 saturated heterocycles. The number of hydrogen-bond donors (Lipinski definition) is 1. The van der Waals surface area contributed by atoms with Gasteiger partial charge in [0.2, 0.25) is 0 Å². The van der Waals surface area contributed by atoms with E-state index in [4.69, 9.17) is 4.74 Å². The first-order valence-corrected chi connectivity index (χ1v) is 9.24. The standard InChI is InChI=1S/C19H21BrN2O3S/c1-12(2)22(19(24)13-5-8-15(26)9-6-13)21(3)18(23)14-7-10-17(25-4)16(20)11-14/h5-12,26H,1-4H3. The lowest BCUT2D eigenvalue weighted by atomic mass is 10.1. The molecule has 2 amide bonds. The summed E-state index contributed by atoms with van der Waals surface area (Å²) < 4.78 is 5.86. The van der Waals surface area contributed by atoms with E-state index in [-0.39, 0.29) is 17.9 Å². The highest BCUT2D eigenvalue weighted by Gasteiger charge is 2.27. The maximum Gasteiger partial charge on any atom is 0.272 e. The number of thiol groups is 1. The van der Waals surface area contributed by atoms with Gasteiger partial charge in [0.25, 0.3) is 11.8 Å². The minimum atomic E-state index is -0.291. The van der Waals surface area contributed by atoms with Gasteiger partial charge in [-0.2, -0.15) is 0 Å². The average molecular weight is 437 g/mol. The maximum atomic E-state index is 12.9. The first kappa shape index (κ1) is 20.3. The van der Waals surface area contributed by atoms with Crippen molar-refractivity contribution in [2.24, 2.45) is 0 Å². The summed E-state index contributed by atoms with van der Waals surface area (Å²) in [6.07, 6.45) is 0. The van der Waals surface area contributed by atoms with E-state index >= 15 is 0 Å². The number of halogens is 1. The number of methoxy groups -OCH3 is 1. The highest BCUT2D eigenvalue weighted by molar-refractivity contribution is 9.10. The Balaban J connectivity index is 2.31. The predicted octanol–water partition coefficient (Wildman–Crippen LogP) is 4.28. The van der Waals surface area contributed by atoms with Gasteiger partial charge in [-0.25, -0.2) is 5.01 Å². The summed E-state index contributed by atoms with van der Waals surface area (Å²) in [5.74, 6) is 0.0887. The van der Waals surface area contributed by atoms with Crippen LogP contribution in [0, 0.1) is 0 Å². The minimum absolute atomic E-state index is 0.200. The molecule has 5 nitrogen and oxygen atoms in total. The second kappa shape index (κ2) is 8.60. The molecule has 0 heterocycles. The lowest BCUT2D eigenvalue weighted by molar-refractivity contribution is -0.00506. The first-order chi connectivity index (χ1) is 12.3. The molecule has 0 unspecified atom stereocenters. The van der Waals surface area contributed by atoms with Crippen molar-refractivity contribution in [2.75, 3.05) is 14.2 Å². The van der Waals surface area contributed by atoms with Crippen molar-refractivity contribution in [1.82, 2.24) is 10.0 Å². The molecule has 0 atom stereocenters. The fourth-order valence-electron chi connectivity index (χ4n) is 2.54. The number of carbonyl (C=O) groups is 2. The van der Waals surface area contributed by atoms with E-state index in [1.165, 1.54) is 10.0 Å². The van der Waals surface area contributed by atoms with E-state index in [9.17, 15) is 9.59 Å². The molecule has 0 fully saturated rings. The van der Waals surface area contributed by atoms with Gasteiger partial charge in [-0.05, 0) is 72.2 Å². The van der Waals surface area contributed by atoms with Crippen LogP contribution in [0.2, 0.25) is 0 Å². The number of hydrazine groups is 1. The Morgan fingerprint density at radius 2 is 1.62 bits per heavy atom. The highest BCUT2D eigenvalue weighted by atomic mass is 79.9.